The first kappa shape index (κ1) is 99.5. The van der Waals surface area contributed by atoms with E-state index >= 15 is 0 Å². The van der Waals surface area contributed by atoms with E-state index in [1.165, 1.54) is 13.8 Å². The molecule has 15 amide bonds. The molecule has 0 radical (unpaired) electrons. The molecule has 0 aromatic heterocycles. The number of hydrogen-bond donors (Lipinski definition) is 21. The molecule has 622 valence electrons. The molecule has 0 aromatic rings. The Labute approximate surface area is 642 Å². The van der Waals surface area contributed by atoms with Gasteiger partial charge in [0.1, 0.15) is 72.5 Å². The van der Waals surface area contributed by atoms with Gasteiger partial charge < -0.3 is 115 Å². The molecule has 0 unspecified atom stereocenters. The van der Waals surface area contributed by atoms with Crippen LogP contribution in [0.4, 0.5) is 0 Å². The van der Waals surface area contributed by atoms with Gasteiger partial charge in [-0.15, -0.1) is 0 Å². The van der Waals surface area contributed by atoms with E-state index in [1.54, 1.807) is 69.2 Å². The first-order valence-electron chi connectivity index (χ1n) is 37.8. The number of rotatable bonds is 54. The number of carbonyl (C=O) groups is 15. The van der Waals surface area contributed by atoms with Crippen LogP contribution in [0.25, 0.3) is 0 Å². The van der Waals surface area contributed by atoms with Gasteiger partial charge in [-0.3, -0.25) is 81.9 Å². The largest absolute Gasteiger partial charge is 0.370 e. The van der Waals surface area contributed by atoms with Crippen molar-refractivity contribution in [2.45, 2.75) is 267 Å². The smallest absolute Gasteiger partial charge is 0.243 e. The summed E-state index contributed by atoms with van der Waals surface area (Å²) in [5.74, 6) is -14.4. The summed E-state index contributed by atoms with van der Waals surface area (Å²) in [7, 11) is 0. The SMILES string of the molecule is CC(=O)N[C@@H](CCCCN)C(=O)N[C@H](C(=O)N[C@@H](CC(C)C)C(=O)NCC(=O)N[C@@H](CCCN=C(N)N)C(=O)N[C@@H](CC(C)C)C(=O)N[C@H](C(=O)N[C@@H](CCCCN)C(=O)N[C@H](C(=O)N[C@@H](C)C(=O)NCC(=O)N[C@@H](CCCN=C(N)N)C(=O)N[C@@H](CC(C)C)C(=O)N[C@H](C(N)=O)C(C)C)C(C)C)C(C)C)C(C)C. The van der Waals surface area contributed by atoms with Crippen molar-refractivity contribution in [1.82, 2.24) is 74.4 Å². The Morgan fingerprint density at radius 2 is 0.569 bits per heavy atom. The Bertz CT molecular complexity index is 3030. The Balaban J connectivity index is 6.64. The van der Waals surface area contributed by atoms with Gasteiger partial charge in [0, 0.05) is 20.0 Å². The molecule has 38 nitrogen and oxygen atoms in total. The van der Waals surface area contributed by atoms with Gasteiger partial charge in [-0.05, 0) is 145 Å². The van der Waals surface area contributed by atoms with Crippen molar-refractivity contribution in [2.75, 3.05) is 39.3 Å². The second-order valence-electron chi connectivity index (χ2n) is 30.1. The number of carbonyl (C=O) groups excluding carboxylic acids is 15. The van der Waals surface area contributed by atoms with E-state index in [9.17, 15) is 71.9 Å². The van der Waals surface area contributed by atoms with Crippen molar-refractivity contribution >= 4 is 101 Å². The number of hydrogen-bond acceptors (Lipinski definition) is 19. The van der Waals surface area contributed by atoms with Crippen molar-refractivity contribution in [1.29, 1.82) is 0 Å². The summed E-state index contributed by atoms with van der Waals surface area (Å²) in [6.07, 6.45) is 2.68. The highest BCUT2D eigenvalue weighted by Crippen LogP contribution is 2.16. The summed E-state index contributed by atoms with van der Waals surface area (Å²) in [5, 5.41) is 36.8. The number of nitrogens with zero attached hydrogens (tertiary/aromatic N) is 2. The van der Waals surface area contributed by atoms with E-state index < -0.39 is 192 Å². The average Bonchev–Trinajstić information content (AvgIpc) is 0.863. The number of guanidine groups is 2. The molecular formula is C71H133N23O15. The van der Waals surface area contributed by atoms with Crippen LogP contribution in [-0.4, -0.2) is 212 Å². The van der Waals surface area contributed by atoms with Crippen LogP contribution in [0, 0.1) is 41.4 Å². The molecule has 0 fully saturated rings. The molecule has 12 atom stereocenters. The lowest BCUT2D eigenvalue weighted by atomic mass is 9.98. The fourth-order valence-corrected chi connectivity index (χ4v) is 11.1. The van der Waals surface area contributed by atoms with Crippen molar-refractivity contribution in [2.24, 2.45) is 91.5 Å². The second kappa shape index (κ2) is 52.5. The van der Waals surface area contributed by atoms with Crippen LogP contribution in [-0.2, 0) is 71.9 Å². The zero-order valence-electron chi connectivity index (χ0n) is 67.0. The number of amides is 15. The standard InChI is InChI=1S/C71H133N23O15/c1-36(2)31-49(90-69(109)57(42(13)14)93-63(103)45(84-44(16)95)23-17-19-27-72)60(100)82-35-53(97)86-47(26-22-30-80-71(77)78)62(102)89-51(33-38(5)6)66(106)94-56(41(11)12)68(108)87-48(24-18-20-28-73)64(104)92-55(40(9)10)67(107)83-43(15)59(99)81-34-52(96)85-46(25-21-29-79-70(75)76)61(101)88-50(32-37(3)4)65(105)91-54(39(7)8)58(74)98/h36-43,45-51,54-57H,17-35,72-73H2,1-16H3,(H2,74,98)(H,81,99)(H,82,100)(H,83,107)(H,84,95)(H,85,96)(H,86,97)(H,87,108)(H,88,101)(H,89,102)(H,90,109)(H,91,105)(H,92,104)(H,93,103)(H,94,106)(H4,75,76,79)(H4,77,78,80)/t43-,45-,46-,47-,48-,49-,50-,51-,54-,55-,56-,57-/m0/s1. The molecule has 0 aliphatic rings. The predicted molar refractivity (Wildman–Crippen MR) is 413 cm³/mol. The highest BCUT2D eigenvalue weighted by Gasteiger charge is 2.38. The van der Waals surface area contributed by atoms with Gasteiger partial charge >= 0.3 is 0 Å². The lowest BCUT2D eigenvalue weighted by molar-refractivity contribution is -0.136. The van der Waals surface area contributed by atoms with Crippen LogP contribution in [0.2, 0.25) is 0 Å². The van der Waals surface area contributed by atoms with Crippen LogP contribution in [0.5, 0.6) is 0 Å². The van der Waals surface area contributed by atoms with Gasteiger partial charge in [0.05, 0.1) is 13.1 Å². The minimum Gasteiger partial charge on any atom is -0.370 e. The highest BCUT2D eigenvalue weighted by molar-refractivity contribution is 6.00. The first-order valence-corrected chi connectivity index (χ1v) is 37.8. The molecule has 0 aliphatic carbocycles. The zero-order chi connectivity index (χ0) is 83.5. The van der Waals surface area contributed by atoms with Gasteiger partial charge in [0.25, 0.3) is 0 Å². The molecule has 0 rings (SSSR count). The van der Waals surface area contributed by atoms with Crippen LogP contribution in [0.3, 0.4) is 0 Å². The maximum absolute atomic E-state index is 14.5. The molecule has 38 heteroatoms. The quantitative estimate of drug-likeness (QED) is 0.0156. The van der Waals surface area contributed by atoms with Gasteiger partial charge in [0.2, 0.25) is 88.6 Å². The molecule has 0 heterocycles. The highest BCUT2D eigenvalue weighted by atomic mass is 16.2. The number of unbranched alkanes of at least 4 members (excludes halogenated alkanes) is 2. The second-order valence-corrected chi connectivity index (χ2v) is 30.1. The van der Waals surface area contributed by atoms with Crippen LogP contribution < -0.4 is 115 Å². The van der Waals surface area contributed by atoms with E-state index in [2.05, 4.69) is 84.4 Å². The molecule has 0 aliphatic heterocycles. The predicted octanol–water partition coefficient (Wildman–Crippen LogP) is -4.31. The zero-order valence-corrected chi connectivity index (χ0v) is 67.0. The van der Waals surface area contributed by atoms with Crippen LogP contribution in [0.15, 0.2) is 9.98 Å². The van der Waals surface area contributed by atoms with E-state index in [1.807, 2.05) is 27.7 Å². The summed E-state index contributed by atoms with van der Waals surface area (Å²) in [5.41, 5.74) is 39.1. The van der Waals surface area contributed by atoms with Gasteiger partial charge in [-0.25, -0.2) is 0 Å². The fourth-order valence-electron chi connectivity index (χ4n) is 11.1. The molecule has 0 saturated heterocycles. The number of nitrogens with two attached hydrogens (primary N) is 7. The number of primary amides is 1. The van der Waals surface area contributed by atoms with Crippen molar-refractivity contribution in [3.05, 3.63) is 0 Å². The van der Waals surface area contributed by atoms with Crippen molar-refractivity contribution in [3.63, 3.8) is 0 Å². The molecule has 0 aromatic carbocycles. The first-order chi connectivity index (χ1) is 50.9. The van der Waals surface area contributed by atoms with Gasteiger partial charge in [0.15, 0.2) is 11.9 Å². The lowest BCUT2D eigenvalue weighted by Gasteiger charge is -2.30. The third-order valence-corrected chi connectivity index (χ3v) is 17.0. The van der Waals surface area contributed by atoms with E-state index in [0.717, 1.165) is 0 Å². The third kappa shape index (κ3) is 41.6. The fraction of sp³-hybridized carbons (Fsp3) is 0.761. The molecular weight excluding hydrogens is 1410 g/mol. The summed E-state index contributed by atoms with van der Waals surface area (Å²) in [4.78, 5) is 213. The summed E-state index contributed by atoms with van der Waals surface area (Å²) in [6, 6.07) is -14.7. The molecule has 109 heavy (non-hydrogen) atoms. The van der Waals surface area contributed by atoms with Crippen LogP contribution in [0.1, 0.15) is 194 Å². The Kier molecular flexibility index (Phi) is 48.0. The maximum Gasteiger partial charge on any atom is 0.243 e. The molecule has 0 bridgehead atoms. The van der Waals surface area contributed by atoms with E-state index in [4.69, 9.17) is 40.1 Å². The van der Waals surface area contributed by atoms with Crippen molar-refractivity contribution < 1.29 is 71.9 Å². The third-order valence-electron chi connectivity index (χ3n) is 17.0. The van der Waals surface area contributed by atoms with Crippen molar-refractivity contribution in [3.8, 4) is 0 Å². The Hall–Kier alpha value is -9.49. The average molecular weight is 1550 g/mol. The molecule has 28 N–H and O–H groups in total. The van der Waals surface area contributed by atoms with Gasteiger partial charge in [-0.1, -0.05) is 96.9 Å². The van der Waals surface area contributed by atoms with Crippen LogP contribution >= 0.6 is 0 Å². The molecule has 0 spiro atoms. The van der Waals surface area contributed by atoms with E-state index in [0.29, 0.717) is 32.2 Å². The van der Waals surface area contributed by atoms with E-state index in [-0.39, 0.29) is 113 Å². The molecule has 0 saturated carbocycles. The summed E-state index contributed by atoms with van der Waals surface area (Å²) < 4.78 is 0. The minimum absolute atomic E-state index is 0.0179. The topological polar surface area (TPSA) is 631 Å². The van der Waals surface area contributed by atoms with Gasteiger partial charge in [-0.2, -0.15) is 0 Å². The monoisotopic (exact) mass is 1550 g/mol. The minimum atomic E-state index is -1.36. The Morgan fingerprint density at radius 1 is 0.294 bits per heavy atom. The lowest BCUT2D eigenvalue weighted by Crippen LogP contribution is -2.61. The number of aliphatic imine (C=N–C) groups is 2. The number of nitrogens with one attached hydrogen (secondary N) is 14. The normalized spacial score (nSPS) is 14.6. The summed E-state index contributed by atoms with van der Waals surface area (Å²) >= 11 is 0. The Morgan fingerprint density at radius 3 is 0.890 bits per heavy atom. The maximum atomic E-state index is 14.5. The summed E-state index contributed by atoms with van der Waals surface area (Å²) in [6.45, 7) is 26.0.